The van der Waals surface area contributed by atoms with Gasteiger partial charge < -0.3 is 15.4 Å². The number of nitrogens with one attached hydrogen (secondary N) is 1. The summed E-state index contributed by atoms with van der Waals surface area (Å²) in [5.74, 6) is -0.324. The molecule has 10 heteroatoms. The maximum absolute atomic E-state index is 12.4. The highest BCUT2D eigenvalue weighted by molar-refractivity contribution is 7.99. The van der Waals surface area contributed by atoms with Gasteiger partial charge >= 0.3 is 0 Å². The highest BCUT2D eigenvalue weighted by Gasteiger charge is 2.20. The normalized spacial score (nSPS) is 11.4. The van der Waals surface area contributed by atoms with Crippen LogP contribution in [0.15, 0.2) is 52.5 Å². The second-order valence-corrected chi connectivity index (χ2v) is 9.21. The molecule has 2 rings (SSSR count). The second kappa shape index (κ2) is 8.59. The molecule has 0 aliphatic heterocycles. The van der Waals surface area contributed by atoms with E-state index in [1.54, 1.807) is 43.3 Å². The van der Waals surface area contributed by atoms with Crippen molar-refractivity contribution in [2.24, 2.45) is 0 Å². The smallest absolute Gasteiger partial charge is 0.251 e. The molecular formula is C17H22N4O4S2. The Morgan fingerprint density at radius 2 is 1.89 bits per heavy atom. The van der Waals surface area contributed by atoms with Gasteiger partial charge in [-0.2, -0.15) is 4.73 Å². The van der Waals surface area contributed by atoms with E-state index in [1.807, 2.05) is 0 Å². The van der Waals surface area contributed by atoms with Crippen LogP contribution in [0.1, 0.15) is 0 Å². The zero-order valence-electron chi connectivity index (χ0n) is 15.5. The van der Waals surface area contributed by atoms with E-state index in [0.717, 1.165) is 16.1 Å². The summed E-state index contributed by atoms with van der Waals surface area (Å²) < 4.78 is 26.5. The van der Waals surface area contributed by atoms with E-state index in [1.165, 1.54) is 32.4 Å². The van der Waals surface area contributed by atoms with Gasteiger partial charge in [0.25, 0.3) is 5.03 Å². The van der Waals surface area contributed by atoms with Crippen LogP contribution >= 0.6 is 11.8 Å². The van der Waals surface area contributed by atoms with Crippen LogP contribution in [0.2, 0.25) is 0 Å². The summed E-state index contributed by atoms with van der Waals surface area (Å²) in [6.45, 7) is 0. The number of rotatable bonds is 7. The Balaban J connectivity index is 2.22. The molecule has 0 spiro atoms. The van der Waals surface area contributed by atoms with Crippen molar-refractivity contribution in [2.75, 3.05) is 44.2 Å². The predicted molar refractivity (Wildman–Crippen MR) is 106 cm³/mol. The van der Waals surface area contributed by atoms with Crippen LogP contribution in [0, 0.1) is 5.21 Å². The maximum Gasteiger partial charge on any atom is 0.251 e. The molecule has 1 amide bonds. The highest BCUT2D eigenvalue weighted by atomic mass is 32.2. The molecule has 2 aromatic rings. The first-order valence-electron chi connectivity index (χ1n) is 7.97. The number of carbonyl (C=O) groups excluding carboxylic acids is 1. The molecule has 0 aliphatic carbocycles. The molecule has 1 heterocycles. The van der Waals surface area contributed by atoms with Crippen LogP contribution in [0.5, 0.6) is 0 Å². The van der Waals surface area contributed by atoms with Gasteiger partial charge in [0.1, 0.15) is 0 Å². The number of anilines is 2. The molecule has 0 unspecified atom stereocenters. The maximum atomic E-state index is 12.4. The van der Waals surface area contributed by atoms with Crippen LogP contribution in [0.25, 0.3) is 0 Å². The number of benzene rings is 1. The average Bonchev–Trinajstić information content (AvgIpc) is 2.60. The van der Waals surface area contributed by atoms with Gasteiger partial charge in [0.15, 0.2) is 6.20 Å². The summed E-state index contributed by atoms with van der Waals surface area (Å²) in [5, 5.41) is 14.8. The van der Waals surface area contributed by atoms with Gasteiger partial charge in [-0.25, -0.2) is 12.7 Å². The van der Waals surface area contributed by atoms with Crippen molar-refractivity contribution >= 4 is 39.1 Å². The fraction of sp³-hybridized carbons (Fsp3) is 0.294. The standard InChI is InChI=1S/C17H22N4O4S2/c1-19(2)15-9-8-13(27(24,25)20(3)4)11-14(15)18-16(22)12-26-17-7-5-6-10-21(17)23/h5-11H,12H2,1-4H3,(H,18,22). The van der Waals surface area contributed by atoms with Crippen molar-refractivity contribution in [2.45, 2.75) is 9.92 Å². The van der Waals surface area contributed by atoms with Crippen LogP contribution < -0.4 is 14.9 Å². The average molecular weight is 411 g/mol. The summed E-state index contributed by atoms with van der Waals surface area (Å²) in [6.07, 6.45) is 1.36. The lowest BCUT2D eigenvalue weighted by atomic mass is 10.2. The highest BCUT2D eigenvalue weighted by Crippen LogP contribution is 2.29. The molecule has 0 aliphatic rings. The van der Waals surface area contributed by atoms with E-state index in [0.29, 0.717) is 21.1 Å². The monoisotopic (exact) mass is 410 g/mol. The molecule has 0 saturated heterocycles. The number of aromatic nitrogens is 1. The molecule has 0 saturated carbocycles. The molecule has 8 nitrogen and oxygen atoms in total. The third kappa shape index (κ3) is 5.12. The van der Waals surface area contributed by atoms with E-state index < -0.39 is 10.0 Å². The zero-order chi connectivity index (χ0) is 20.2. The van der Waals surface area contributed by atoms with Crippen molar-refractivity contribution in [3.8, 4) is 0 Å². The Hall–Kier alpha value is -2.30. The first kappa shape index (κ1) is 21.0. The summed E-state index contributed by atoms with van der Waals surface area (Å²) in [5.41, 5.74) is 1.06. The topological polar surface area (TPSA) is 96.7 Å². The minimum atomic E-state index is -3.62. The number of carbonyl (C=O) groups is 1. The van der Waals surface area contributed by atoms with Gasteiger partial charge in [0.2, 0.25) is 15.9 Å². The molecule has 146 valence electrons. The third-order valence-corrected chi connectivity index (χ3v) is 6.47. The third-order valence-electron chi connectivity index (χ3n) is 3.64. The molecular weight excluding hydrogens is 388 g/mol. The summed E-state index contributed by atoms with van der Waals surface area (Å²) in [7, 11) is 2.86. The summed E-state index contributed by atoms with van der Waals surface area (Å²) in [6, 6.07) is 9.52. The first-order chi connectivity index (χ1) is 12.6. The van der Waals surface area contributed by atoms with Gasteiger partial charge in [-0.05, 0) is 36.0 Å². The van der Waals surface area contributed by atoms with Crippen LogP contribution in [0.3, 0.4) is 0 Å². The largest absolute Gasteiger partial charge is 0.618 e. The summed E-state index contributed by atoms with van der Waals surface area (Å²) in [4.78, 5) is 14.2. The van der Waals surface area contributed by atoms with Crippen molar-refractivity contribution < 1.29 is 17.9 Å². The molecule has 1 N–H and O–H groups in total. The lowest BCUT2D eigenvalue weighted by Crippen LogP contribution is -2.28. The first-order valence-corrected chi connectivity index (χ1v) is 10.4. The SMILES string of the molecule is CN(C)c1ccc(S(=O)(=O)N(C)C)cc1NC(=O)CSc1cccc[n+]1[O-]. The van der Waals surface area contributed by atoms with E-state index in [2.05, 4.69) is 5.32 Å². The van der Waals surface area contributed by atoms with Crippen LogP contribution in [-0.2, 0) is 14.8 Å². The van der Waals surface area contributed by atoms with E-state index in [4.69, 9.17) is 0 Å². The van der Waals surface area contributed by atoms with E-state index in [-0.39, 0.29) is 16.6 Å². The van der Waals surface area contributed by atoms with Crippen molar-refractivity contribution in [1.82, 2.24) is 4.31 Å². The molecule has 0 bridgehead atoms. The fourth-order valence-corrected chi connectivity index (χ4v) is 3.87. The second-order valence-electron chi connectivity index (χ2n) is 6.06. The van der Waals surface area contributed by atoms with Gasteiger partial charge in [-0.3, -0.25) is 4.79 Å². The number of hydrogen-bond acceptors (Lipinski definition) is 6. The van der Waals surface area contributed by atoms with Crippen LogP contribution in [0.4, 0.5) is 11.4 Å². The Morgan fingerprint density at radius 1 is 1.19 bits per heavy atom. The predicted octanol–water partition coefficient (Wildman–Crippen LogP) is 1.37. The van der Waals surface area contributed by atoms with Crippen LogP contribution in [-0.4, -0.2) is 52.6 Å². The minimum absolute atomic E-state index is 0.0176. The van der Waals surface area contributed by atoms with E-state index in [9.17, 15) is 18.4 Å². The minimum Gasteiger partial charge on any atom is -0.618 e. The molecule has 27 heavy (non-hydrogen) atoms. The Kier molecular flexibility index (Phi) is 6.68. The number of amides is 1. The number of pyridine rings is 1. The molecule has 0 atom stereocenters. The summed E-state index contributed by atoms with van der Waals surface area (Å²) >= 11 is 1.10. The Labute approximate surface area is 163 Å². The van der Waals surface area contributed by atoms with E-state index >= 15 is 0 Å². The van der Waals surface area contributed by atoms with Gasteiger partial charge in [0, 0.05) is 40.3 Å². The molecule has 1 aromatic heterocycles. The van der Waals surface area contributed by atoms with Crippen molar-refractivity contribution in [3.63, 3.8) is 0 Å². The number of sulfonamides is 1. The lowest BCUT2D eigenvalue weighted by molar-refractivity contribution is -0.645. The van der Waals surface area contributed by atoms with Gasteiger partial charge in [0.05, 0.1) is 22.0 Å². The quantitative estimate of drug-likeness (QED) is 0.421. The van der Waals surface area contributed by atoms with Gasteiger partial charge in [-0.15, -0.1) is 0 Å². The van der Waals surface area contributed by atoms with Gasteiger partial charge in [-0.1, -0.05) is 0 Å². The number of nitrogens with zero attached hydrogens (tertiary/aromatic N) is 3. The zero-order valence-corrected chi connectivity index (χ0v) is 17.2. The molecule has 0 fully saturated rings. The molecule has 0 radical (unpaired) electrons. The lowest BCUT2D eigenvalue weighted by Gasteiger charge is -2.20. The number of hydrogen-bond donors (Lipinski definition) is 1. The fourth-order valence-electron chi connectivity index (χ4n) is 2.23. The molecule has 1 aromatic carbocycles. The number of thioether (sulfide) groups is 1. The Bertz CT molecular complexity index is 930. The van der Waals surface area contributed by atoms with Crippen molar-refractivity contribution in [3.05, 3.63) is 47.8 Å². The van der Waals surface area contributed by atoms with Crippen molar-refractivity contribution in [1.29, 1.82) is 0 Å². The Morgan fingerprint density at radius 3 is 2.48 bits per heavy atom.